The molecule has 1 unspecified atom stereocenters. The normalized spacial score (nSPS) is 22.1. The first-order valence-electron chi connectivity index (χ1n) is 18.7. The molecule has 2 heterocycles. The van der Waals surface area contributed by atoms with Crippen LogP contribution >= 0.6 is 0 Å². The first-order valence-corrected chi connectivity index (χ1v) is 18.7. The summed E-state index contributed by atoms with van der Waals surface area (Å²) in [7, 11) is 1.66. The summed E-state index contributed by atoms with van der Waals surface area (Å²) >= 11 is 0. The van der Waals surface area contributed by atoms with Crippen LogP contribution in [0.3, 0.4) is 0 Å². The average Bonchev–Trinajstić information content (AvgIpc) is 4.08. The van der Waals surface area contributed by atoms with Crippen molar-refractivity contribution < 1.29 is 42.3 Å². The fourth-order valence-electron chi connectivity index (χ4n) is 8.10. The summed E-state index contributed by atoms with van der Waals surface area (Å²) in [5.41, 5.74) is 0.136. The number of carbonyl (C=O) groups excluding carboxylic acids is 4. The van der Waals surface area contributed by atoms with Gasteiger partial charge in [0.25, 0.3) is 12.0 Å². The lowest BCUT2D eigenvalue weighted by Gasteiger charge is -2.37. The van der Waals surface area contributed by atoms with E-state index in [0.717, 1.165) is 12.8 Å². The van der Waals surface area contributed by atoms with Crippen LogP contribution in [0.15, 0.2) is 42.1 Å². The molecule has 1 aromatic heterocycles. The smallest absolute Gasteiger partial charge is 0.318 e. The first kappa shape index (κ1) is 38.8. The highest BCUT2D eigenvalue weighted by molar-refractivity contribution is 6.00. The van der Waals surface area contributed by atoms with Crippen molar-refractivity contribution in [1.29, 1.82) is 0 Å². The van der Waals surface area contributed by atoms with E-state index in [-0.39, 0.29) is 60.0 Å². The SMILES string of the molecule is CCn1nccc1C(=O)N[C@H](C(=O)Nc1ccc([C@H](C)[C@@H](NC(=O)N(C)C2CC2)C(=O)N2CCC3(CC2)CC3C(=O)O)cc1F)C1CCC(=C(F)F)CC1. The number of nitrogens with zero attached hydrogens (tertiary/aromatic N) is 4. The monoisotopic (exact) mass is 755 g/mol. The van der Waals surface area contributed by atoms with E-state index in [4.69, 9.17) is 0 Å². The summed E-state index contributed by atoms with van der Waals surface area (Å²) in [4.78, 5) is 69.1. The van der Waals surface area contributed by atoms with E-state index in [0.29, 0.717) is 44.5 Å². The number of aryl methyl sites for hydroxylation is 1. The van der Waals surface area contributed by atoms with Gasteiger partial charge in [0.1, 0.15) is 23.6 Å². The van der Waals surface area contributed by atoms with Crippen molar-refractivity contribution in [1.82, 2.24) is 30.2 Å². The number of piperidine rings is 1. The second-order valence-corrected chi connectivity index (χ2v) is 15.3. The molecule has 0 bridgehead atoms. The molecule has 4 N–H and O–H groups in total. The molecule has 0 radical (unpaired) electrons. The van der Waals surface area contributed by atoms with Gasteiger partial charge in [-0.1, -0.05) is 13.0 Å². The van der Waals surface area contributed by atoms with Crippen molar-refractivity contribution in [3.8, 4) is 0 Å². The number of rotatable bonds is 12. The average molecular weight is 756 g/mol. The van der Waals surface area contributed by atoms with Crippen LogP contribution in [0.1, 0.15) is 93.6 Å². The maximum Gasteiger partial charge on any atom is 0.318 e. The quantitative estimate of drug-likeness (QED) is 0.234. The van der Waals surface area contributed by atoms with Crippen LogP contribution in [-0.2, 0) is 20.9 Å². The number of allylic oxidation sites excluding steroid dienone is 1. The molecule has 13 nitrogen and oxygen atoms in total. The summed E-state index contributed by atoms with van der Waals surface area (Å²) in [5.74, 6) is -4.88. The highest BCUT2D eigenvalue weighted by Crippen LogP contribution is 2.59. The number of urea groups is 1. The number of anilines is 1. The largest absolute Gasteiger partial charge is 0.481 e. The predicted molar refractivity (Wildman–Crippen MR) is 191 cm³/mol. The molecule has 292 valence electrons. The first-order chi connectivity index (χ1) is 25.7. The number of amides is 5. The zero-order valence-electron chi connectivity index (χ0n) is 30.7. The van der Waals surface area contributed by atoms with Crippen LogP contribution in [0.25, 0.3) is 0 Å². The molecule has 1 saturated heterocycles. The Labute approximate surface area is 311 Å². The zero-order chi connectivity index (χ0) is 38.9. The van der Waals surface area contributed by atoms with Gasteiger partial charge in [-0.25, -0.2) is 9.18 Å². The fourth-order valence-corrected chi connectivity index (χ4v) is 8.10. The number of hydrogen-bond donors (Lipinski definition) is 4. The summed E-state index contributed by atoms with van der Waals surface area (Å²) in [6.45, 7) is 4.60. The Morgan fingerprint density at radius 2 is 1.72 bits per heavy atom. The number of carboxylic acid groups (broad SMARTS) is 1. The van der Waals surface area contributed by atoms with Gasteiger partial charge in [-0.15, -0.1) is 0 Å². The minimum absolute atomic E-state index is 0.0163. The van der Waals surface area contributed by atoms with Gasteiger partial charge in [-0.05, 0) is 105 Å². The Morgan fingerprint density at radius 3 is 2.30 bits per heavy atom. The van der Waals surface area contributed by atoms with Gasteiger partial charge in [0.15, 0.2) is 0 Å². The molecule has 4 aliphatic rings. The Morgan fingerprint density at radius 1 is 1.04 bits per heavy atom. The third-order valence-electron chi connectivity index (χ3n) is 12.0. The molecule has 1 spiro atoms. The van der Waals surface area contributed by atoms with Crippen molar-refractivity contribution in [2.45, 2.75) is 102 Å². The van der Waals surface area contributed by atoms with Gasteiger partial charge in [0.2, 0.25) is 11.8 Å². The van der Waals surface area contributed by atoms with Crippen molar-refractivity contribution >= 4 is 35.4 Å². The third kappa shape index (κ3) is 8.26. The van der Waals surface area contributed by atoms with E-state index in [9.17, 15) is 37.9 Å². The van der Waals surface area contributed by atoms with Gasteiger partial charge in [0, 0.05) is 44.8 Å². The van der Waals surface area contributed by atoms with Gasteiger partial charge in [0.05, 0.1) is 11.6 Å². The molecule has 5 amide bonds. The molecule has 54 heavy (non-hydrogen) atoms. The topological polar surface area (TPSA) is 166 Å². The van der Waals surface area contributed by atoms with E-state index in [1.165, 1.54) is 29.1 Å². The number of nitrogens with one attached hydrogen (secondary N) is 3. The molecular weight excluding hydrogens is 707 g/mol. The van der Waals surface area contributed by atoms with Crippen molar-refractivity contribution in [3.63, 3.8) is 0 Å². The number of carbonyl (C=O) groups is 5. The van der Waals surface area contributed by atoms with Gasteiger partial charge in [-0.2, -0.15) is 13.9 Å². The second-order valence-electron chi connectivity index (χ2n) is 15.3. The maximum atomic E-state index is 15.9. The van der Waals surface area contributed by atoms with Crippen LogP contribution in [0.4, 0.5) is 23.7 Å². The highest BCUT2D eigenvalue weighted by Gasteiger charge is 2.59. The standard InChI is InChI=1S/C38H48F3N7O6/c1-4-48-29(13-16-42-48)33(49)44-31(22-5-7-23(8-6-22)32(40)41)34(50)43-28-12-9-24(19-27(28)39)21(2)30(45-37(54)46(3)25-10-11-25)35(51)47-17-14-38(15-18-47)20-26(38)36(52)53/h9,12-13,16,19,21-22,25-26,30-31H,4-8,10-11,14-15,17-18,20H2,1-3H3,(H,43,50)(H,44,49)(H,45,54)(H,52,53)/t21-,26?,30+,31-/m0/s1. The summed E-state index contributed by atoms with van der Waals surface area (Å²) in [6, 6.07) is 3.04. The summed E-state index contributed by atoms with van der Waals surface area (Å²) in [6.07, 6.45) is 3.67. The van der Waals surface area contributed by atoms with E-state index >= 15 is 4.39 Å². The summed E-state index contributed by atoms with van der Waals surface area (Å²) < 4.78 is 44.0. The Bertz CT molecular complexity index is 1810. The third-order valence-corrected chi connectivity index (χ3v) is 12.0. The minimum atomic E-state index is -1.74. The van der Waals surface area contributed by atoms with E-state index < -0.39 is 65.6 Å². The maximum absolute atomic E-state index is 15.9. The van der Waals surface area contributed by atoms with Crippen LogP contribution in [0, 0.1) is 23.1 Å². The van der Waals surface area contributed by atoms with Crippen LogP contribution in [-0.4, -0.2) is 92.7 Å². The Kier molecular flexibility index (Phi) is 11.4. The molecule has 6 rings (SSSR count). The van der Waals surface area contributed by atoms with E-state index in [1.807, 2.05) is 0 Å². The molecule has 3 saturated carbocycles. The van der Waals surface area contributed by atoms with Crippen LogP contribution < -0.4 is 16.0 Å². The number of aromatic nitrogens is 2. The summed E-state index contributed by atoms with van der Waals surface area (Å²) in [5, 5.41) is 21.8. The molecule has 1 aliphatic heterocycles. The fraction of sp³-hybridized carbons (Fsp3) is 0.579. The molecule has 3 aliphatic carbocycles. The number of aliphatic carboxylic acids is 1. The Hall–Kier alpha value is -4.89. The predicted octanol–water partition coefficient (Wildman–Crippen LogP) is 5.11. The molecule has 4 fully saturated rings. The number of carboxylic acids is 1. The number of likely N-dealkylation sites (tertiary alicyclic amines) is 1. The molecule has 16 heteroatoms. The van der Waals surface area contributed by atoms with Crippen LogP contribution in [0.2, 0.25) is 0 Å². The number of halogens is 3. The Balaban J connectivity index is 1.18. The highest BCUT2D eigenvalue weighted by atomic mass is 19.3. The van der Waals surface area contributed by atoms with Crippen molar-refractivity contribution in [2.75, 3.05) is 25.5 Å². The molecule has 4 atom stereocenters. The number of hydrogen-bond acceptors (Lipinski definition) is 6. The lowest BCUT2D eigenvalue weighted by Crippen LogP contribution is -2.55. The number of benzene rings is 1. The lowest BCUT2D eigenvalue weighted by atomic mass is 9.81. The molecular formula is C38H48F3N7O6. The minimum Gasteiger partial charge on any atom is -0.481 e. The van der Waals surface area contributed by atoms with Crippen molar-refractivity contribution in [2.24, 2.45) is 17.3 Å². The molecule has 2 aromatic rings. The van der Waals surface area contributed by atoms with E-state index in [1.54, 1.807) is 36.8 Å². The van der Waals surface area contributed by atoms with E-state index in [2.05, 4.69) is 21.0 Å². The van der Waals surface area contributed by atoms with Gasteiger partial charge >= 0.3 is 12.0 Å². The van der Waals surface area contributed by atoms with Crippen molar-refractivity contribution in [3.05, 3.63) is 59.2 Å². The second kappa shape index (κ2) is 15.8. The molecule has 1 aromatic carbocycles. The van der Waals surface area contributed by atoms with Crippen LogP contribution in [0.5, 0.6) is 0 Å². The van der Waals surface area contributed by atoms with Gasteiger partial charge in [-0.3, -0.25) is 23.9 Å². The lowest BCUT2D eigenvalue weighted by molar-refractivity contribution is -0.140. The van der Waals surface area contributed by atoms with Gasteiger partial charge < -0.3 is 30.9 Å². The zero-order valence-corrected chi connectivity index (χ0v) is 30.7.